The van der Waals surface area contributed by atoms with Gasteiger partial charge in [0.25, 0.3) is 0 Å². The van der Waals surface area contributed by atoms with Gasteiger partial charge in [0.1, 0.15) is 18.2 Å². The Hall–Kier alpha value is -1.88. The van der Waals surface area contributed by atoms with Crippen LogP contribution in [-0.2, 0) is 13.7 Å². The number of ether oxygens (including phenoxy) is 1. The summed E-state index contributed by atoms with van der Waals surface area (Å²) in [5.74, 6) is 2.57. The fourth-order valence-corrected chi connectivity index (χ4v) is 2.06. The van der Waals surface area contributed by atoms with Crippen LogP contribution in [0.5, 0.6) is 5.75 Å². The number of nitrogens with zero attached hydrogens (tertiary/aromatic N) is 3. The Morgan fingerprint density at radius 1 is 1.24 bits per heavy atom. The molecular weight excluding hydrogens is 264 g/mol. The minimum absolute atomic E-state index is 0.361. The molecule has 21 heavy (non-hydrogen) atoms. The van der Waals surface area contributed by atoms with Crippen LogP contribution in [0.15, 0.2) is 24.3 Å². The number of hydrogen-bond acceptors (Lipinski definition) is 4. The molecule has 0 saturated carbocycles. The van der Waals surface area contributed by atoms with E-state index in [-0.39, 0.29) is 0 Å². The molecule has 0 aliphatic carbocycles. The van der Waals surface area contributed by atoms with Gasteiger partial charge in [0.2, 0.25) is 0 Å². The third-order valence-corrected chi connectivity index (χ3v) is 3.63. The first-order valence-electron chi connectivity index (χ1n) is 7.42. The predicted molar refractivity (Wildman–Crippen MR) is 83.2 cm³/mol. The van der Waals surface area contributed by atoms with Crippen molar-refractivity contribution < 1.29 is 4.74 Å². The van der Waals surface area contributed by atoms with Crippen molar-refractivity contribution in [2.24, 2.45) is 7.05 Å². The van der Waals surface area contributed by atoms with Crippen LogP contribution in [-0.4, -0.2) is 21.3 Å². The number of nitrogens with one attached hydrogen (secondary N) is 1. The van der Waals surface area contributed by atoms with Crippen LogP contribution in [0.2, 0.25) is 0 Å². The van der Waals surface area contributed by atoms with E-state index in [0.717, 1.165) is 30.4 Å². The number of aryl methyl sites for hydroxylation is 1. The van der Waals surface area contributed by atoms with E-state index in [0.29, 0.717) is 12.6 Å². The summed E-state index contributed by atoms with van der Waals surface area (Å²) in [6.07, 6.45) is 1.14. The van der Waals surface area contributed by atoms with Crippen molar-refractivity contribution in [1.82, 2.24) is 20.1 Å². The van der Waals surface area contributed by atoms with Crippen molar-refractivity contribution in [2.45, 2.75) is 39.8 Å². The molecule has 0 bridgehead atoms. The Morgan fingerprint density at radius 2 is 1.95 bits per heavy atom. The maximum Gasteiger partial charge on any atom is 0.170 e. The molecule has 1 atom stereocenters. The summed E-state index contributed by atoms with van der Waals surface area (Å²) >= 11 is 0. The number of benzene rings is 1. The van der Waals surface area contributed by atoms with Gasteiger partial charge in [0.15, 0.2) is 5.82 Å². The highest BCUT2D eigenvalue weighted by molar-refractivity contribution is 5.29. The molecule has 0 fully saturated rings. The molecule has 0 amide bonds. The van der Waals surface area contributed by atoms with Gasteiger partial charge in [-0.3, -0.25) is 0 Å². The zero-order valence-electron chi connectivity index (χ0n) is 13.3. The van der Waals surface area contributed by atoms with Crippen molar-refractivity contribution in [3.05, 3.63) is 41.5 Å². The Labute approximate surface area is 126 Å². The van der Waals surface area contributed by atoms with Gasteiger partial charge >= 0.3 is 0 Å². The highest BCUT2D eigenvalue weighted by Gasteiger charge is 2.07. The number of hydrogen-bond donors (Lipinski definition) is 1. The van der Waals surface area contributed by atoms with E-state index in [9.17, 15) is 0 Å². The maximum atomic E-state index is 5.76. The summed E-state index contributed by atoms with van der Waals surface area (Å²) in [6, 6.07) is 8.57. The van der Waals surface area contributed by atoms with Gasteiger partial charge in [-0.2, -0.15) is 0 Å². The van der Waals surface area contributed by atoms with E-state index in [2.05, 4.69) is 41.5 Å². The first-order chi connectivity index (χ1) is 10.1. The molecule has 0 aliphatic heterocycles. The van der Waals surface area contributed by atoms with E-state index < -0.39 is 0 Å². The molecule has 5 nitrogen and oxygen atoms in total. The molecular formula is C16H24N4O. The van der Waals surface area contributed by atoms with Crippen LogP contribution in [0.25, 0.3) is 0 Å². The summed E-state index contributed by atoms with van der Waals surface area (Å²) in [5, 5.41) is 11.6. The van der Waals surface area contributed by atoms with E-state index >= 15 is 0 Å². The monoisotopic (exact) mass is 288 g/mol. The molecule has 1 N–H and O–H groups in total. The zero-order valence-corrected chi connectivity index (χ0v) is 13.3. The Kier molecular flexibility index (Phi) is 5.33. The fourth-order valence-electron chi connectivity index (χ4n) is 2.06. The van der Waals surface area contributed by atoms with Crippen LogP contribution >= 0.6 is 0 Å². The van der Waals surface area contributed by atoms with Crippen LogP contribution in [0, 0.1) is 6.92 Å². The summed E-state index contributed by atoms with van der Waals surface area (Å²) in [5.41, 5.74) is 1.27. The second kappa shape index (κ2) is 7.22. The summed E-state index contributed by atoms with van der Waals surface area (Å²) in [7, 11) is 1.94. The first kappa shape index (κ1) is 15.5. The van der Waals surface area contributed by atoms with Crippen molar-refractivity contribution in [3.63, 3.8) is 0 Å². The second-order valence-corrected chi connectivity index (χ2v) is 5.26. The topological polar surface area (TPSA) is 52.0 Å². The Bertz CT molecular complexity index is 562. The Morgan fingerprint density at radius 3 is 2.52 bits per heavy atom. The van der Waals surface area contributed by atoms with Crippen LogP contribution in [0.4, 0.5) is 0 Å². The standard InChI is InChI=1S/C16H24N4O/c1-5-10-17-12(2)14-6-8-15(9-7-14)21-11-16-19-18-13(3)20(16)4/h6-9,12,17H,5,10-11H2,1-4H3. The zero-order chi connectivity index (χ0) is 15.2. The van der Waals surface area contributed by atoms with E-state index in [4.69, 9.17) is 4.74 Å². The third-order valence-electron chi connectivity index (χ3n) is 3.63. The first-order valence-corrected chi connectivity index (χ1v) is 7.42. The molecule has 0 saturated heterocycles. The molecule has 114 valence electrons. The highest BCUT2D eigenvalue weighted by atomic mass is 16.5. The average molecular weight is 288 g/mol. The lowest BCUT2D eigenvalue weighted by atomic mass is 10.1. The molecule has 2 aromatic rings. The van der Waals surface area contributed by atoms with E-state index in [1.807, 2.05) is 30.7 Å². The molecule has 1 aromatic heterocycles. The summed E-state index contributed by atoms with van der Waals surface area (Å²) in [4.78, 5) is 0. The Balaban J connectivity index is 1.92. The maximum absolute atomic E-state index is 5.76. The van der Waals surface area contributed by atoms with Gasteiger partial charge in [-0.05, 0) is 44.5 Å². The minimum atomic E-state index is 0.361. The molecule has 1 aromatic carbocycles. The van der Waals surface area contributed by atoms with Crippen molar-refractivity contribution in [2.75, 3.05) is 6.54 Å². The normalized spacial score (nSPS) is 12.4. The van der Waals surface area contributed by atoms with Crippen molar-refractivity contribution in [1.29, 1.82) is 0 Å². The average Bonchev–Trinajstić information content (AvgIpc) is 2.83. The second-order valence-electron chi connectivity index (χ2n) is 5.26. The molecule has 0 spiro atoms. The minimum Gasteiger partial charge on any atom is -0.486 e. The van der Waals surface area contributed by atoms with Gasteiger partial charge in [-0.25, -0.2) is 0 Å². The van der Waals surface area contributed by atoms with Gasteiger partial charge in [0.05, 0.1) is 0 Å². The summed E-state index contributed by atoms with van der Waals surface area (Å²) in [6.45, 7) is 7.74. The van der Waals surface area contributed by atoms with Crippen molar-refractivity contribution in [3.8, 4) is 5.75 Å². The SMILES string of the molecule is CCCNC(C)c1ccc(OCc2nnc(C)n2C)cc1. The molecule has 5 heteroatoms. The fraction of sp³-hybridized carbons (Fsp3) is 0.500. The third kappa shape index (κ3) is 4.04. The molecule has 0 aliphatic rings. The largest absolute Gasteiger partial charge is 0.486 e. The van der Waals surface area contributed by atoms with Gasteiger partial charge in [-0.15, -0.1) is 10.2 Å². The highest BCUT2D eigenvalue weighted by Crippen LogP contribution is 2.18. The van der Waals surface area contributed by atoms with Gasteiger partial charge in [0, 0.05) is 13.1 Å². The van der Waals surface area contributed by atoms with Gasteiger partial charge in [-0.1, -0.05) is 19.1 Å². The predicted octanol–water partition coefficient (Wildman–Crippen LogP) is 2.76. The number of rotatable bonds is 7. The lowest BCUT2D eigenvalue weighted by Gasteiger charge is -2.14. The van der Waals surface area contributed by atoms with Crippen molar-refractivity contribution >= 4 is 0 Å². The number of aromatic nitrogens is 3. The van der Waals surface area contributed by atoms with Crippen LogP contribution < -0.4 is 10.1 Å². The lowest BCUT2D eigenvalue weighted by molar-refractivity contribution is 0.291. The lowest BCUT2D eigenvalue weighted by Crippen LogP contribution is -2.19. The molecule has 0 radical (unpaired) electrons. The van der Waals surface area contributed by atoms with Crippen LogP contribution in [0.1, 0.15) is 43.5 Å². The molecule has 1 unspecified atom stereocenters. The van der Waals surface area contributed by atoms with E-state index in [1.165, 1.54) is 5.56 Å². The quantitative estimate of drug-likeness (QED) is 0.851. The van der Waals surface area contributed by atoms with Crippen LogP contribution in [0.3, 0.4) is 0 Å². The molecule has 1 heterocycles. The van der Waals surface area contributed by atoms with Gasteiger partial charge < -0.3 is 14.6 Å². The van der Waals surface area contributed by atoms with E-state index in [1.54, 1.807) is 0 Å². The molecule has 2 rings (SSSR count). The smallest absolute Gasteiger partial charge is 0.170 e. The summed E-state index contributed by atoms with van der Waals surface area (Å²) < 4.78 is 7.69.